The van der Waals surface area contributed by atoms with Gasteiger partial charge in [-0.05, 0) is 60.8 Å². The minimum atomic E-state index is -4.74. The van der Waals surface area contributed by atoms with Crippen molar-refractivity contribution in [2.24, 2.45) is 0 Å². The van der Waals surface area contributed by atoms with Gasteiger partial charge in [-0.3, -0.25) is 9.36 Å². The Labute approximate surface area is 213 Å². The number of benzene rings is 2. The summed E-state index contributed by atoms with van der Waals surface area (Å²) in [7, 11) is 1.43. The zero-order chi connectivity index (χ0) is 27.1. The standard InChI is InChI=1S/C24H21ClF5N3O4/c1-4-36-19(34)11-18-21-31-32-22(23(25,26)27)33(21)16-9-8-13(24(28,29)30)10-15(16)20(37-18)14-6-5-7-17(35-3)12(14)2/h5-10,18,20H,4,11H2,1-3H3. The summed E-state index contributed by atoms with van der Waals surface area (Å²) in [5.74, 6) is -1.59. The second-order valence-electron chi connectivity index (χ2n) is 8.17. The van der Waals surface area contributed by atoms with E-state index in [0.29, 0.717) is 16.9 Å². The van der Waals surface area contributed by atoms with Gasteiger partial charge in [0.25, 0.3) is 0 Å². The SMILES string of the molecule is CCOC(=O)CC1OC(c2cccc(OC)c2C)c2cc(C(F)(F)F)ccc2-n2c1nnc2C(F)(F)Cl. The molecule has 2 aromatic carbocycles. The summed E-state index contributed by atoms with van der Waals surface area (Å²) in [5, 5.41) is 3.25. The molecular weight excluding hydrogens is 525 g/mol. The van der Waals surface area contributed by atoms with Crippen molar-refractivity contribution in [3.8, 4) is 11.4 Å². The normalized spacial score (nSPS) is 17.5. The summed E-state index contributed by atoms with van der Waals surface area (Å²) in [6, 6.07) is 7.46. The Kier molecular flexibility index (Phi) is 7.17. The third-order valence-electron chi connectivity index (χ3n) is 5.89. The van der Waals surface area contributed by atoms with Gasteiger partial charge >= 0.3 is 17.5 Å². The van der Waals surface area contributed by atoms with E-state index in [9.17, 15) is 26.7 Å². The molecule has 0 bridgehead atoms. The van der Waals surface area contributed by atoms with Crippen LogP contribution in [-0.4, -0.2) is 34.5 Å². The average Bonchev–Trinajstić information content (AvgIpc) is 3.22. The summed E-state index contributed by atoms with van der Waals surface area (Å²) in [6.07, 6.45) is -7.78. The zero-order valence-corrected chi connectivity index (χ0v) is 20.5. The van der Waals surface area contributed by atoms with Crippen molar-refractivity contribution < 1.29 is 41.0 Å². The molecule has 2 unspecified atom stereocenters. The van der Waals surface area contributed by atoms with Crippen LogP contribution in [0.3, 0.4) is 0 Å². The molecule has 1 aliphatic rings. The quantitative estimate of drug-likeness (QED) is 0.215. The fraction of sp³-hybridized carbons (Fsp3) is 0.375. The lowest BCUT2D eigenvalue weighted by atomic mass is 9.94. The number of alkyl halides is 6. The van der Waals surface area contributed by atoms with Gasteiger partial charge in [-0.15, -0.1) is 10.2 Å². The second kappa shape index (κ2) is 9.90. The van der Waals surface area contributed by atoms with Crippen LogP contribution < -0.4 is 4.74 Å². The van der Waals surface area contributed by atoms with Crippen LogP contribution in [0, 0.1) is 6.92 Å². The molecule has 0 saturated carbocycles. The molecule has 0 amide bonds. The number of carbonyl (C=O) groups is 1. The van der Waals surface area contributed by atoms with E-state index in [1.54, 1.807) is 32.0 Å². The Hall–Kier alpha value is -3.25. The number of aromatic nitrogens is 3. The lowest BCUT2D eigenvalue weighted by Gasteiger charge is -2.25. The third kappa shape index (κ3) is 5.12. The predicted molar refractivity (Wildman–Crippen MR) is 121 cm³/mol. The first-order valence-corrected chi connectivity index (χ1v) is 11.4. The van der Waals surface area contributed by atoms with Crippen molar-refractivity contribution >= 4 is 17.6 Å². The lowest BCUT2D eigenvalue weighted by molar-refractivity contribution is -0.147. The van der Waals surface area contributed by atoms with Crippen LogP contribution in [0.4, 0.5) is 22.0 Å². The predicted octanol–water partition coefficient (Wildman–Crippen LogP) is 6.01. The Bertz CT molecular complexity index is 1320. The number of rotatable bonds is 6. The molecule has 1 aliphatic heterocycles. The van der Waals surface area contributed by atoms with Crippen LogP contribution in [0.2, 0.25) is 0 Å². The van der Waals surface area contributed by atoms with Gasteiger partial charge in [0.05, 0.1) is 31.4 Å². The van der Waals surface area contributed by atoms with Gasteiger partial charge in [0, 0.05) is 5.56 Å². The Morgan fingerprint density at radius 1 is 1.14 bits per heavy atom. The maximum atomic E-state index is 14.4. The van der Waals surface area contributed by atoms with Gasteiger partial charge < -0.3 is 14.2 Å². The summed E-state index contributed by atoms with van der Waals surface area (Å²) < 4.78 is 87.3. The highest BCUT2D eigenvalue weighted by Gasteiger charge is 2.43. The zero-order valence-electron chi connectivity index (χ0n) is 19.8. The molecule has 2 atom stereocenters. The minimum Gasteiger partial charge on any atom is -0.496 e. The van der Waals surface area contributed by atoms with Gasteiger partial charge in [-0.2, -0.15) is 22.0 Å². The van der Waals surface area contributed by atoms with E-state index in [4.69, 9.17) is 25.8 Å². The van der Waals surface area contributed by atoms with Crippen LogP contribution in [0.25, 0.3) is 5.69 Å². The molecule has 7 nitrogen and oxygen atoms in total. The molecule has 0 radical (unpaired) electrons. The number of hydrogen-bond donors (Lipinski definition) is 0. The number of hydrogen-bond acceptors (Lipinski definition) is 6. The van der Waals surface area contributed by atoms with E-state index in [-0.39, 0.29) is 23.7 Å². The highest BCUT2D eigenvalue weighted by molar-refractivity contribution is 6.21. The summed E-state index contributed by atoms with van der Waals surface area (Å²) in [5.41, 5.74) is -0.318. The number of halogens is 6. The van der Waals surface area contributed by atoms with Gasteiger partial charge in [0.2, 0.25) is 5.82 Å². The topological polar surface area (TPSA) is 75.5 Å². The Morgan fingerprint density at radius 2 is 1.86 bits per heavy atom. The first kappa shape index (κ1) is 26.8. The van der Waals surface area contributed by atoms with E-state index in [1.165, 1.54) is 7.11 Å². The van der Waals surface area contributed by atoms with Crippen molar-refractivity contribution in [2.45, 2.75) is 44.0 Å². The molecule has 13 heteroatoms. The summed E-state index contributed by atoms with van der Waals surface area (Å²) >= 11 is 5.30. The number of methoxy groups -OCH3 is 1. The Morgan fingerprint density at radius 3 is 2.49 bits per heavy atom. The van der Waals surface area contributed by atoms with E-state index in [1.807, 2.05) is 0 Å². The van der Waals surface area contributed by atoms with E-state index < -0.39 is 47.5 Å². The first-order chi connectivity index (χ1) is 17.4. The maximum absolute atomic E-state index is 14.4. The largest absolute Gasteiger partial charge is 0.496 e. The third-order valence-corrected chi connectivity index (χ3v) is 6.06. The van der Waals surface area contributed by atoms with E-state index >= 15 is 0 Å². The van der Waals surface area contributed by atoms with Crippen molar-refractivity contribution in [2.75, 3.05) is 13.7 Å². The van der Waals surface area contributed by atoms with Crippen molar-refractivity contribution in [1.82, 2.24) is 14.8 Å². The minimum absolute atomic E-state index is 0.0385. The number of ether oxygens (including phenoxy) is 3. The van der Waals surface area contributed by atoms with Gasteiger partial charge in [-0.1, -0.05) is 12.1 Å². The van der Waals surface area contributed by atoms with Crippen molar-refractivity contribution in [1.29, 1.82) is 0 Å². The lowest BCUT2D eigenvalue weighted by Crippen LogP contribution is -2.18. The van der Waals surface area contributed by atoms with Crippen molar-refractivity contribution in [3.05, 3.63) is 70.3 Å². The molecule has 0 N–H and O–H groups in total. The molecule has 0 fully saturated rings. The van der Waals surface area contributed by atoms with Crippen LogP contribution in [0.5, 0.6) is 5.75 Å². The maximum Gasteiger partial charge on any atom is 0.416 e. The summed E-state index contributed by atoms with van der Waals surface area (Å²) in [4.78, 5) is 12.4. The molecule has 1 aromatic heterocycles. The highest BCUT2D eigenvalue weighted by Crippen LogP contribution is 2.46. The fourth-order valence-corrected chi connectivity index (χ4v) is 4.38. The number of carbonyl (C=O) groups excluding carboxylic acids is 1. The number of esters is 1. The highest BCUT2D eigenvalue weighted by atomic mass is 35.5. The van der Waals surface area contributed by atoms with Crippen molar-refractivity contribution in [3.63, 3.8) is 0 Å². The molecule has 4 rings (SSSR count). The number of nitrogens with zero attached hydrogens (tertiary/aromatic N) is 3. The fourth-order valence-electron chi connectivity index (χ4n) is 4.26. The van der Waals surface area contributed by atoms with Crippen LogP contribution in [0.1, 0.15) is 59.5 Å². The van der Waals surface area contributed by atoms with Gasteiger partial charge in [-0.25, -0.2) is 0 Å². The molecule has 2 heterocycles. The van der Waals surface area contributed by atoms with Gasteiger partial charge in [0.1, 0.15) is 18.0 Å². The van der Waals surface area contributed by atoms with Gasteiger partial charge in [0.15, 0.2) is 5.82 Å². The Balaban J connectivity index is 2.03. The van der Waals surface area contributed by atoms with Crippen LogP contribution in [0.15, 0.2) is 36.4 Å². The van der Waals surface area contributed by atoms with Crippen LogP contribution in [-0.2, 0) is 25.8 Å². The average molecular weight is 546 g/mol. The monoisotopic (exact) mass is 545 g/mol. The second-order valence-corrected chi connectivity index (χ2v) is 8.65. The van der Waals surface area contributed by atoms with Crippen LogP contribution >= 0.6 is 11.6 Å². The molecule has 3 aromatic rings. The van der Waals surface area contributed by atoms with E-state index in [2.05, 4.69) is 10.2 Å². The molecular formula is C24H21ClF5N3O4. The smallest absolute Gasteiger partial charge is 0.416 e. The van der Waals surface area contributed by atoms with E-state index in [0.717, 1.165) is 22.8 Å². The first-order valence-electron chi connectivity index (χ1n) is 11.0. The molecule has 0 saturated heterocycles. The molecule has 0 aliphatic carbocycles. The molecule has 37 heavy (non-hydrogen) atoms. The summed E-state index contributed by atoms with van der Waals surface area (Å²) in [6.45, 7) is 3.29. The number of fused-ring (bicyclic) bond motifs is 3. The molecule has 0 spiro atoms. The molecule has 198 valence electrons.